The zero-order valence-electron chi connectivity index (χ0n) is 15.4. The Labute approximate surface area is 165 Å². The van der Waals surface area contributed by atoms with E-state index in [2.05, 4.69) is 27.8 Å². The summed E-state index contributed by atoms with van der Waals surface area (Å²) in [4.78, 5) is 5.95. The Morgan fingerprint density at radius 1 is 1.07 bits per heavy atom. The third kappa shape index (κ3) is 8.03. The highest BCUT2D eigenvalue weighted by atomic mass is 32.2. The monoisotopic (exact) mass is 406 g/mol. The molecule has 2 rings (SSSR count). The summed E-state index contributed by atoms with van der Waals surface area (Å²) in [6.45, 7) is 4.24. The zero-order valence-corrected chi connectivity index (χ0v) is 17.0. The standard InChI is InChI=1S/C19H26N4O2S2/c1-2-21-19(23-14-15-26-17-6-4-3-5-7-17)22-13-12-16-8-10-18(11-9-16)27(20,24)25/h3-11H,2,12-15H2,1H3,(H2,20,24,25)(H2,21,22,23). The average molecular weight is 407 g/mol. The number of hydrogen-bond donors (Lipinski definition) is 3. The number of benzene rings is 2. The van der Waals surface area contributed by atoms with Crippen LogP contribution in [0.2, 0.25) is 0 Å². The second kappa shape index (κ2) is 11.0. The van der Waals surface area contributed by atoms with Crippen molar-refractivity contribution in [1.29, 1.82) is 0 Å². The average Bonchev–Trinajstić information content (AvgIpc) is 2.66. The smallest absolute Gasteiger partial charge is 0.238 e. The lowest BCUT2D eigenvalue weighted by Crippen LogP contribution is -2.38. The van der Waals surface area contributed by atoms with Gasteiger partial charge in [-0.25, -0.2) is 13.6 Å². The molecule has 6 nitrogen and oxygen atoms in total. The number of guanidine groups is 1. The van der Waals surface area contributed by atoms with E-state index in [0.29, 0.717) is 6.54 Å². The van der Waals surface area contributed by atoms with E-state index in [4.69, 9.17) is 5.14 Å². The second-order valence-electron chi connectivity index (χ2n) is 5.79. The van der Waals surface area contributed by atoms with Crippen LogP contribution in [0.1, 0.15) is 12.5 Å². The molecule has 0 aliphatic rings. The van der Waals surface area contributed by atoms with Gasteiger partial charge in [-0.2, -0.15) is 0 Å². The molecule has 0 aromatic heterocycles. The molecular formula is C19H26N4O2S2. The first-order valence-corrected chi connectivity index (χ1v) is 11.3. The molecule has 2 aromatic carbocycles. The molecule has 0 heterocycles. The van der Waals surface area contributed by atoms with Gasteiger partial charge in [0.2, 0.25) is 10.0 Å². The van der Waals surface area contributed by atoms with Gasteiger partial charge >= 0.3 is 0 Å². The van der Waals surface area contributed by atoms with Gasteiger partial charge in [0.15, 0.2) is 5.96 Å². The lowest BCUT2D eigenvalue weighted by molar-refractivity contribution is 0.598. The molecule has 0 amide bonds. The quantitative estimate of drug-likeness (QED) is 0.257. The van der Waals surface area contributed by atoms with Gasteiger partial charge in [0, 0.05) is 30.3 Å². The minimum Gasteiger partial charge on any atom is -0.357 e. The van der Waals surface area contributed by atoms with Crippen molar-refractivity contribution in [2.75, 3.05) is 25.4 Å². The van der Waals surface area contributed by atoms with Crippen molar-refractivity contribution in [1.82, 2.24) is 10.6 Å². The van der Waals surface area contributed by atoms with Crippen LogP contribution in [0.25, 0.3) is 0 Å². The molecule has 2 aromatic rings. The second-order valence-corrected chi connectivity index (χ2v) is 8.52. The topological polar surface area (TPSA) is 96.6 Å². The highest BCUT2D eigenvalue weighted by Gasteiger charge is 2.06. The van der Waals surface area contributed by atoms with Crippen molar-refractivity contribution in [3.05, 3.63) is 60.2 Å². The van der Waals surface area contributed by atoms with Gasteiger partial charge in [0.05, 0.1) is 4.90 Å². The summed E-state index contributed by atoms with van der Waals surface area (Å²) < 4.78 is 22.5. The van der Waals surface area contributed by atoms with Crippen molar-refractivity contribution in [2.45, 2.75) is 23.1 Å². The summed E-state index contributed by atoms with van der Waals surface area (Å²) in [5.41, 5.74) is 1.02. The minimum absolute atomic E-state index is 0.126. The first-order valence-electron chi connectivity index (χ1n) is 8.81. The van der Waals surface area contributed by atoms with Crippen molar-refractivity contribution in [3.63, 3.8) is 0 Å². The van der Waals surface area contributed by atoms with Crippen LogP contribution in [0.3, 0.4) is 0 Å². The van der Waals surface area contributed by atoms with Gasteiger partial charge in [0.1, 0.15) is 0 Å². The Morgan fingerprint density at radius 2 is 1.78 bits per heavy atom. The van der Waals surface area contributed by atoms with Crippen molar-refractivity contribution < 1.29 is 8.42 Å². The molecule has 0 bridgehead atoms. The number of aliphatic imine (C=N–C) groups is 1. The van der Waals surface area contributed by atoms with Crippen LogP contribution in [0.5, 0.6) is 0 Å². The molecule has 0 saturated carbocycles. The number of rotatable bonds is 9. The molecule has 0 unspecified atom stereocenters. The van der Waals surface area contributed by atoms with E-state index >= 15 is 0 Å². The molecule has 27 heavy (non-hydrogen) atoms. The first kappa shape index (κ1) is 21.3. The Bertz CT molecular complexity index is 823. The molecule has 0 radical (unpaired) electrons. The van der Waals surface area contributed by atoms with E-state index < -0.39 is 10.0 Å². The number of nitrogens with one attached hydrogen (secondary N) is 2. The van der Waals surface area contributed by atoms with E-state index in [1.807, 2.05) is 25.1 Å². The summed E-state index contributed by atoms with van der Waals surface area (Å²) in [7, 11) is -3.64. The number of sulfonamides is 1. The summed E-state index contributed by atoms with van der Waals surface area (Å²) in [5.74, 6) is 1.73. The van der Waals surface area contributed by atoms with Crippen LogP contribution in [0, 0.1) is 0 Å². The minimum atomic E-state index is -3.64. The fraction of sp³-hybridized carbons (Fsp3) is 0.316. The lowest BCUT2D eigenvalue weighted by Gasteiger charge is -2.11. The van der Waals surface area contributed by atoms with Gasteiger partial charge in [-0.05, 0) is 43.2 Å². The summed E-state index contributed by atoms with van der Waals surface area (Å²) in [6.07, 6.45) is 0.722. The molecule has 4 N–H and O–H groups in total. The molecule has 8 heteroatoms. The molecule has 0 aliphatic heterocycles. The Hall–Kier alpha value is -2.03. The zero-order chi connectivity index (χ0) is 19.5. The summed E-state index contributed by atoms with van der Waals surface area (Å²) in [6, 6.07) is 16.9. The lowest BCUT2D eigenvalue weighted by atomic mass is 10.1. The largest absolute Gasteiger partial charge is 0.357 e. The number of thioether (sulfide) groups is 1. The predicted molar refractivity (Wildman–Crippen MR) is 113 cm³/mol. The third-order valence-corrected chi connectivity index (χ3v) is 5.62. The van der Waals surface area contributed by atoms with Crippen LogP contribution in [0.15, 0.2) is 69.4 Å². The molecular weight excluding hydrogens is 380 g/mol. The highest BCUT2D eigenvalue weighted by molar-refractivity contribution is 7.99. The van der Waals surface area contributed by atoms with Crippen LogP contribution in [-0.2, 0) is 16.4 Å². The maximum atomic E-state index is 11.3. The van der Waals surface area contributed by atoms with Crippen molar-refractivity contribution in [3.8, 4) is 0 Å². The normalized spacial score (nSPS) is 12.0. The Balaban J connectivity index is 1.78. The molecule has 146 valence electrons. The molecule has 0 aliphatic carbocycles. The van der Waals surface area contributed by atoms with Crippen molar-refractivity contribution in [2.24, 2.45) is 10.1 Å². The Kier molecular flexibility index (Phi) is 8.63. The maximum absolute atomic E-state index is 11.3. The van der Waals surface area contributed by atoms with Crippen LogP contribution >= 0.6 is 11.8 Å². The SMILES string of the molecule is CCNC(=NCCc1ccc(S(N)(=O)=O)cc1)NCCSc1ccccc1. The summed E-state index contributed by atoms with van der Waals surface area (Å²) >= 11 is 1.80. The van der Waals surface area contributed by atoms with Crippen LogP contribution < -0.4 is 15.8 Å². The van der Waals surface area contributed by atoms with Crippen LogP contribution in [-0.4, -0.2) is 39.8 Å². The number of nitrogens with zero attached hydrogens (tertiary/aromatic N) is 1. The van der Waals surface area contributed by atoms with E-state index in [9.17, 15) is 8.42 Å². The Morgan fingerprint density at radius 3 is 2.41 bits per heavy atom. The molecule has 0 atom stereocenters. The number of nitrogens with two attached hydrogens (primary N) is 1. The third-order valence-electron chi connectivity index (χ3n) is 3.67. The summed E-state index contributed by atoms with van der Waals surface area (Å²) in [5, 5.41) is 11.7. The fourth-order valence-electron chi connectivity index (χ4n) is 2.34. The van der Waals surface area contributed by atoms with Gasteiger partial charge in [-0.3, -0.25) is 4.99 Å². The number of primary sulfonamides is 1. The van der Waals surface area contributed by atoms with Crippen molar-refractivity contribution >= 4 is 27.7 Å². The maximum Gasteiger partial charge on any atom is 0.238 e. The first-order chi connectivity index (χ1) is 13.0. The van der Waals surface area contributed by atoms with Gasteiger partial charge < -0.3 is 10.6 Å². The van der Waals surface area contributed by atoms with Crippen LogP contribution in [0.4, 0.5) is 0 Å². The van der Waals surface area contributed by atoms with E-state index in [0.717, 1.165) is 36.8 Å². The highest BCUT2D eigenvalue weighted by Crippen LogP contribution is 2.15. The van der Waals surface area contributed by atoms with Gasteiger partial charge in [0.25, 0.3) is 0 Å². The predicted octanol–water partition coefficient (Wildman–Crippen LogP) is 2.22. The molecule has 0 fully saturated rings. The van der Waals surface area contributed by atoms with E-state index in [1.54, 1.807) is 23.9 Å². The molecule has 0 saturated heterocycles. The fourth-order valence-corrected chi connectivity index (χ4v) is 3.64. The van der Waals surface area contributed by atoms with Gasteiger partial charge in [-0.15, -0.1) is 11.8 Å². The molecule has 0 spiro atoms. The van der Waals surface area contributed by atoms with E-state index in [1.165, 1.54) is 17.0 Å². The number of hydrogen-bond acceptors (Lipinski definition) is 4. The van der Waals surface area contributed by atoms with Gasteiger partial charge in [-0.1, -0.05) is 30.3 Å². The van der Waals surface area contributed by atoms with E-state index in [-0.39, 0.29) is 4.90 Å².